The van der Waals surface area contributed by atoms with Crippen LogP contribution >= 0.6 is 0 Å². The van der Waals surface area contributed by atoms with Crippen LogP contribution in [0.3, 0.4) is 0 Å². The number of aromatic nitrogens is 4. The summed E-state index contributed by atoms with van der Waals surface area (Å²) in [7, 11) is -1.17. The zero-order valence-corrected chi connectivity index (χ0v) is 21.8. The topological polar surface area (TPSA) is 120 Å². The van der Waals surface area contributed by atoms with Crippen molar-refractivity contribution in [2.45, 2.75) is 38.9 Å². The molecular formula is C24H32N6O5S. The number of amides is 1. The highest BCUT2D eigenvalue weighted by Gasteiger charge is 2.26. The highest BCUT2D eigenvalue weighted by atomic mass is 32.2. The fourth-order valence-electron chi connectivity index (χ4n) is 3.98. The van der Waals surface area contributed by atoms with Gasteiger partial charge in [-0.05, 0) is 38.1 Å². The Morgan fingerprint density at radius 2 is 1.86 bits per heavy atom. The number of likely N-dealkylation sites (tertiary alicyclic amines) is 1. The van der Waals surface area contributed by atoms with Crippen molar-refractivity contribution in [2.24, 2.45) is 0 Å². The Balaban J connectivity index is 1.43. The molecule has 0 bridgehead atoms. The van der Waals surface area contributed by atoms with E-state index in [0.717, 1.165) is 11.4 Å². The van der Waals surface area contributed by atoms with Gasteiger partial charge in [-0.25, -0.2) is 27.9 Å². The summed E-state index contributed by atoms with van der Waals surface area (Å²) in [6.45, 7) is 5.21. The van der Waals surface area contributed by atoms with Gasteiger partial charge in [-0.1, -0.05) is 0 Å². The summed E-state index contributed by atoms with van der Waals surface area (Å²) in [6, 6.07) is 7.66. The van der Waals surface area contributed by atoms with E-state index in [2.05, 4.69) is 15.1 Å². The molecule has 0 unspecified atom stereocenters. The highest BCUT2D eigenvalue weighted by Crippen LogP contribution is 2.27. The Morgan fingerprint density at radius 3 is 2.50 bits per heavy atom. The molecule has 0 saturated carbocycles. The summed E-state index contributed by atoms with van der Waals surface area (Å²) in [5, 5.41) is 5.20. The molecule has 2 aromatic heterocycles. The number of anilines is 1. The molecule has 1 aliphatic heterocycles. The highest BCUT2D eigenvalue weighted by molar-refractivity contribution is 7.90. The number of nitrogens with zero attached hydrogens (tertiary/aromatic N) is 6. The third-order valence-corrected chi connectivity index (χ3v) is 6.90. The van der Waals surface area contributed by atoms with E-state index in [1.165, 1.54) is 12.6 Å². The van der Waals surface area contributed by atoms with E-state index in [1.807, 2.05) is 50.1 Å². The minimum Gasteiger partial charge on any atom is -0.474 e. The molecule has 3 aromatic rings. The number of benzene rings is 1. The van der Waals surface area contributed by atoms with Crippen LogP contribution in [0, 0.1) is 0 Å². The number of carbonyl (C=O) groups is 1. The number of hydrogen-bond donors (Lipinski definition) is 0. The van der Waals surface area contributed by atoms with Gasteiger partial charge < -0.3 is 19.3 Å². The molecule has 4 rings (SSSR count). The lowest BCUT2D eigenvalue weighted by Crippen LogP contribution is -2.42. The first kappa shape index (κ1) is 25.7. The standard InChI is InChI=1S/C24H32N6O5S/c1-17(2)34-24(31)29-11-9-20(10-12-29)35-23-21-15-27-30(22(21)25-16-26-23)19-7-5-18(6-8-19)28(3)13-14-36(4,32)33/h5-8,15-17,20H,9-14H2,1-4H3. The first-order chi connectivity index (χ1) is 17.1. The van der Waals surface area contributed by atoms with Gasteiger partial charge >= 0.3 is 6.09 Å². The second-order valence-corrected chi connectivity index (χ2v) is 11.5. The van der Waals surface area contributed by atoms with Crippen molar-refractivity contribution in [3.63, 3.8) is 0 Å². The third-order valence-electron chi connectivity index (χ3n) is 5.98. The molecule has 0 spiro atoms. The summed E-state index contributed by atoms with van der Waals surface area (Å²) >= 11 is 0. The van der Waals surface area contributed by atoms with Crippen LogP contribution in [0.2, 0.25) is 0 Å². The van der Waals surface area contributed by atoms with Gasteiger partial charge in [-0.15, -0.1) is 0 Å². The maximum Gasteiger partial charge on any atom is 0.410 e. The Morgan fingerprint density at radius 1 is 1.17 bits per heavy atom. The average Bonchev–Trinajstić information content (AvgIpc) is 3.27. The lowest BCUT2D eigenvalue weighted by Gasteiger charge is -2.31. The van der Waals surface area contributed by atoms with Gasteiger partial charge in [0.15, 0.2) is 5.65 Å². The van der Waals surface area contributed by atoms with Gasteiger partial charge in [0.2, 0.25) is 5.88 Å². The Kier molecular flexibility index (Phi) is 7.62. The van der Waals surface area contributed by atoms with Crippen molar-refractivity contribution in [1.82, 2.24) is 24.6 Å². The molecule has 0 atom stereocenters. The van der Waals surface area contributed by atoms with Crippen LogP contribution in [-0.2, 0) is 14.6 Å². The van der Waals surface area contributed by atoms with Gasteiger partial charge in [-0.3, -0.25) is 0 Å². The predicted octanol–water partition coefficient (Wildman–Crippen LogP) is 2.68. The Bertz CT molecular complexity index is 1300. The van der Waals surface area contributed by atoms with E-state index in [-0.39, 0.29) is 24.1 Å². The normalized spacial score (nSPS) is 14.9. The molecule has 1 fully saturated rings. The first-order valence-corrected chi connectivity index (χ1v) is 14.0. The van der Waals surface area contributed by atoms with Crippen LogP contribution in [0.4, 0.5) is 10.5 Å². The minimum absolute atomic E-state index is 0.0729. The van der Waals surface area contributed by atoms with Crippen molar-refractivity contribution in [1.29, 1.82) is 0 Å². The van der Waals surface area contributed by atoms with Crippen LogP contribution in [0.25, 0.3) is 16.7 Å². The van der Waals surface area contributed by atoms with E-state index < -0.39 is 9.84 Å². The quantitative estimate of drug-likeness (QED) is 0.445. The lowest BCUT2D eigenvalue weighted by molar-refractivity contribution is 0.0511. The summed E-state index contributed by atoms with van der Waals surface area (Å²) in [6.07, 6.45) is 5.23. The summed E-state index contributed by atoms with van der Waals surface area (Å²) in [5.41, 5.74) is 2.34. The molecule has 1 aliphatic rings. The molecule has 1 saturated heterocycles. The fourth-order valence-corrected chi connectivity index (χ4v) is 4.58. The van der Waals surface area contributed by atoms with Gasteiger partial charge in [-0.2, -0.15) is 5.10 Å². The van der Waals surface area contributed by atoms with E-state index >= 15 is 0 Å². The molecule has 11 nitrogen and oxygen atoms in total. The molecule has 0 radical (unpaired) electrons. The largest absolute Gasteiger partial charge is 0.474 e. The number of piperidine rings is 1. The maximum absolute atomic E-state index is 12.1. The Hall–Kier alpha value is -3.41. The van der Waals surface area contributed by atoms with Gasteiger partial charge in [0.05, 0.1) is 23.7 Å². The summed E-state index contributed by atoms with van der Waals surface area (Å²) < 4.78 is 36.1. The van der Waals surface area contributed by atoms with Crippen LogP contribution < -0.4 is 9.64 Å². The smallest absolute Gasteiger partial charge is 0.410 e. The van der Waals surface area contributed by atoms with E-state index in [9.17, 15) is 13.2 Å². The van der Waals surface area contributed by atoms with Crippen LogP contribution in [-0.4, -0.2) is 90.1 Å². The van der Waals surface area contributed by atoms with Crippen molar-refractivity contribution >= 4 is 32.7 Å². The van der Waals surface area contributed by atoms with E-state index in [4.69, 9.17) is 9.47 Å². The van der Waals surface area contributed by atoms with Crippen LogP contribution in [0.15, 0.2) is 36.8 Å². The summed E-state index contributed by atoms with van der Waals surface area (Å²) in [5.74, 6) is 0.557. The van der Waals surface area contributed by atoms with Gasteiger partial charge in [0.1, 0.15) is 27.7 Å². The molecule has 3 heterocycles. The average molecular weight is 517 g/mol. The number of fused-ring (bicyclic) bond motifs is 1. The summed E-state index contributed by atoms with van der Waals surface area (Å²) in [4.78, 5) is 24.5. The number of sulfone groups is 1. The number of hydrogen-bond acceptors (Lipinski definition) is 9. The van der Waals surface area contributed by atoms with E-state index in [0.29, 0.717) is 49.4 Å². The van der Waals surface area contributed by atoms with Gasteiger partial charge in [0.25, 0.3) is 0 Å². The van der Waals surface area contributed by atoms with Crippen molar-refractivity contribution in [3.8, 4) is 11.6 Å². The van der Waals surface area contributed by atoms with Crippen LogP contribution in [0.5, 0.6) is 5.88 Å². The van der Waals surface area contributed by atoms with Gasteiger partial charge in [0, 0.05) is 51.5 Å². The molecule has 0 aliphatic carbocycles. The number of ether oxygens (including phenoxy) is 2. The molecule has 1 aromatic carbocycles. The molecular weight excluding hydrogens is 484 g/mol. The molecule has 36 heavy (non-hydrogen) atoms. The fraction of sp³-hybridized carbons (Fsp3) is 0.500. The van der Waals surface area contributed by atoms with Crippen molar-refractivity contribution in [3.05, 3.63) is 36.8 Å². The van der Waals surface area contributed by atoms with Crippen molar-refractivity contribution < 1.29 is 22.7 Å². The molecule has 194 valence electrons. The lowest BCUT2D eigenvalue weighted by atomic mass is 10.1. The maximum atomic E-state index is 12.1. The predicted molar refractivity (Wildman–Crippen MR) is 136 cm³/mol. The van der Waals surface area contributed by atoms with E-state index in [1.54, 1.807) is 15.8 Å². The third kappa shape index (κ3) is 6.23. The second-order valence-electron chi connectivity index (χ2n) is 9.28. The zero-order chi connectivity index (χ0) is 25.9. The SMILES string of the molecule is CC(C)OC(=O)N1CCC(Oc2ncnc3c2cnn3-c2ccc(N(C)CCS(C)(=O)=O)cc2)CC1. The first-order valence-electron chi connectivity index (χ1n) is 11.9. The van der Waals surface area contributed by atoms with Crippen molar-refractivity contribution in [2.75, 3.05) is 43.6 Å². The minimum atomic E-state index is -3.03. The molecule has 12 heteroatoms. The van der Waals surface area contributed by atoms with Crippen LogP contribution in [0.1, 0.15) is 26.7 Å². The molecule has 0 N–H and O–H groups in total. The molecule has 1 amide bonds. The monoisotopic (exact) mass is 516 g/mol. The number of rotatable bonds is 8. The second kappa shape index (κ2) is 10.7. The Labute approximate surface area is 210 Å². The number of carbonyl (C=O) groups excluding carboxylic acids is 1. The zero-order valence-electron chi connectivity index (χ0n) is 21.0.